The number of nitrogens with zero attached hydrogens (tertiary/aromatic N) is 1. The summed E-state index contributed by atoms with van der Waals surface area (Å²) in [7, 11) is -5.63. The number of sulfone groups is 1. The van der Waals surface area contributed by atoms with Crippen LogP contribution in [-0.4, -0.2) is 48.9 Å². The minimum absolute atomic E-state index is 0.180. The zero-order chi connectivity index (χ0) is 21.8. The summed E-state index contributed by atoms with van der Waals surface area (Å²) in [5.74, 6) is -0.184. The molecule has 0 bridgehead atoms. The Morgan fingerprint density at radius 2 is 1.62 bits per heavy atom. The van der Waals surface area contributed by atoms with Crippen molar-refractivity contribution in [1.29, 1.82) is 0 Å². The number of benzene rings is 2. The van der Waals surface area contributed by atoms with Crippen LogP contribution in [0.25, 0.3) is 0 Å². The van der Waals surface area contributed by atoms with Crippen LogP contribution in [0.2, 0.25) is 0 Å². The predicted octanol–water partition coefficient (Wildman–Crippen LogP) is 1.74. The fourth-order valence-electron chi connectivity index (χ4n) is 2.72. The third kappa shape index (κ3) is 5.94. The summed E-state index contributed by atoms with van der Waals surface area (Å²) >= 11 is 0. The molecule has 0 aromatic heterocycles. The van der Waals surface area contributed by atoms with Gasteiger partial charge in [-0.05, 0) is 36.8 Å². The highest BCUT2D eigenvalue weighted by Crippen LogP contribution is 2.29. The largest absolute Gasteiger partial charge is 0.495 e. The Balaban J connectivity index is 2.18. The minimum atomic E-state index is -3.74. The van der Waals surface area contributed by atoms with E-state index in [4.69, 9.17) is 4.74 Å². The lowest BCUT2D eigenvalue weighted by molar-refractivity contribution is -0.120. The smallest absolute Gasteiger partial charge is 0.241 e. The number of carbonyl (C=O) groups excluding carboxylic acids is 1. The molecule has 8 nitrogen and oxygen atoms in total. The number of methoxy groups -OCH3 is 1. The van der Waals surface area contributed by atoms with Crippen LogP contribution < -0.4 is 14.4 Å². The molecule has 1 N–H and O–H groups in total. The average molecular weight is 441 g/mol. The summed E-state index contributed by atoms with van der Waals surface area (Å²) in [5, 5.41) is 2.73. The lowest BCUT2D eigenvalue weighted by Crippen LogP contribution is -2.41. The molecule has 29 heavy (non-hydrogen) atoms. The van der Waals surface area contributed by atoms with Crippen molar-refractivity contribution < 1.29 is 26.4 Å². The van der Waals surface area contributed by atoms with E-state index in [1.54, 1.807) is 43.3 Å². The lowest BCUT2D eigenvalue weighted by Gasteiger charge is -2.24. The molecule has 0 saturated heterocycles. The van der Waals surface area contributed by atoms with Crippen LogP contribution in [0.5, 0.6) is 5.75 Å². The molecule has 158 valence electrons. The van der Waals surface area contributed by atoms with Gasteiger partial charge in [-0.3, -0.25) is 9.10 Å². The van der Waals surface area contributed by atoms with Crippen molar-refractivity contribution in [3.63, 3.8) is 0 Å². The van der Waals surface area contributed by atoms with Crippen LogP contribution in [0.1, 0.15) is 18.5 Å². The molecule has 0 fully saturated rings. The van der Waals surface area contributed by atoms with Gasteiger partial charge in [0.2, 0.25) is 15.9 Å². The van der Waals surface area contributed by atoms with Crippen molar-refractivity contribution in [2.24, 2.45) is 0 Å². The number of para-hydroxylation sites is 2. The molecule has 10 heteroatoms. The van der Waals surface area contributed by atoms with Crippen LogP contribution in [0.3, 0.4) is 0 Å². The van der Waals surface area contributed by atoms with Gasteiger partial charge in [0, 0.05) is 6.26 Å². The standard InChI is InChI=1S/C19H24N2O6S2/c1-14(15-9-11-16(12-10-15)28(3,23)24)20-19(22)13-21(29(4,25)26)17-7-5-6-8-18(17)27-2/h5-12,14H,13H2,1-4H3,(H,20,22)/t14-/m1/s1. The van der Waals surface area contributed by atoms with Crippen LogP contribution in [0.15, 0.2) is 53.4 Å². The Morgan fingerprint density at radius 1 is 1.03 bits per heavy atom. The van der Waals surface area contributed by atoms with Gasteiger partial charge in [-0.1, -0.05) is 24.3 Å². The van der Waals surface area contributed by atoms with Gasteiger partial charge in [-0.15, -0.1) is 0 Å². The summed E-state index contributed by atoms with van der Waals surface area (Å²) in [4.78, 5) is 12.7. The van der Waals surface area contributed by atoms with Gasteiger partial charge in [-0.2, -0.15) is 0 Å². The number of rotatable bonds is 8. The second-order valence-corrected chi connectivity index (χ2v) is 10.5. The zero-order valence-corrected chi connectivity index (χ0v) is 18.2. The molecule has 1 atom stereocenters. The van der Waals surface area contributed by atoms with E-state index < -0.39 is 38.4 Å². The molecule has 2 aromatic rings. The van der Waals surface area contributed by atoms with Crippen molar-refractivity contribution in [1.82, 2.24) is 5.32 Å². The average Bonchev–Trinajstić information content (AvgIpc) is 2.64. The first-order chi connectivity index (χ1) is 13.4. The maximum Gasteiger partial charge on any atom is 0.241 e. The first kappa shape index (κ1) is 22.7. The number of amides is 1. The molecule has 0 aliphatic heterocycles. The van der Waals surface area contributed by atoms with Gasteiger partial charge in [0.15, 0.2) is 9.84 Å². The number of sulfonamides is 1. The summed E-state index contributed by atoms with van der Waals surface area (Å²) in [6, 6.07) is 12.2. The highest BCUT2D eigenvalue weighted by molar-refractivity contribution is 7.92. The second kappa shape index (κ2) is 8.83. The van der Waals surface area contributed by atoms with Crippen molar-refractivity contribution in [2.75, 3.05) is 30.5 Å². The Hall–Kier alpha value is -2.59. The van der Waals surface area contributed by atoms with E-state index >= 15 is 0 Å². The quantitative estimate of drug-likeness (QED) is 0.670. The number of ether oxygens (including phenoxy) is 1. The molecular weight excluding hydrogens is 416 g/mol. The maximum atomic E-state index is 12.5. The van der Waals surface area contributed by atoms with Gasteiger partial charge < -0.3 is 10.1 Å². The molecular formula is C19H24N2O6S2. The molecule has 1 amide bonds. The van der Waals surface area contributed by atoms with Crippen LogP contribution in [-0.2, 0) is 24.7 Å². The molecule has 0 saturated carbocycles. The van der Waals surface area contributed by atoms with E-state index in [-0.39, 0.29) is 10.6 Å². The first-order valence-corrected chi connectivity index (χ1v) is 12.4. The highest BCUT2D eigenvalue weighted by Gasteiger charge is 2.24. The Bertz CT molecular complexity index is 1080. The second-order valence-electron chi connectivity index (χ2n) is 6.57. The zero-order valence-electron chi connectivity index (χ0n) is 16.6. The summed E-state index contributed by atoms with van der Waals surface area (Å²) < 4.78 is 53.8. The summed E-state index contributed by atoms with van der Waals surface area (Å²) in [6.45, 7) is 1.30. The van der Waals surface area contributed by atoms with Crippen LogP contribution in [0.4, 0.5) is 5.69 Å². The van der Waals surface area contributed by atoms with Gasteiger partial charge in [0.1, 0.15) is 12.3 Å². The SMILES string of the molecule is COc1ccccc1N(CC(=O)N[C@H](C)c1ccc(S(C)(=O)=O)cc1)S(C)(=O)=O. The van der Waals surface area contributed by atoms with Crippen molar-refractivity contribution in [2.45, 2.75) is 17.9 Å². The van der Waals surface area contributed by atoms with Crippen molar-refractivity contribution >= 4 is 31.5 Å². The predicted molar refractivity (Wildman–Crippen MR) is 111 cm³/mol. The van der Waals surface area contributed by atoms with E-state index in [2.05, 4.69) is 5.32 Å². The van der Waals surface area contributed by atoms with Crippen LogP contribution >= 0.6 is 0 Å². The fraction of sp³-hybridized carbons (Fsp3) is 0.316. The topological polar surface area (TPSA) is 110 Å². The lowest BCUT2D eigenvalue weighted by atomic mass is 10.1. The van der Waals surface area contributed by atoms with Crippen molar-refractivity contribution in [3.8, 4) is 5.75 Å². The maximum absolute atomic E-state index is 12.5. The molecule has 0 spiro atoms. The highest BCUT2D eigenvalue weighted by atomic mass is 32.2. The van der Waals surface area contributed by atoms with Crippen LogP contribution in [0, 0.1) is 0 Å². The molecule has 0 radical (unpaired) electrons. The molecule has 0 aliphatic carbocycles. The third-order valence-corrected chi connectivity index (χ3v) is 6.48. The third-order valence-electron chi connectivity index (χ3n) is 4.23. The molecule has 0 heterocycles. The monoisotopic (exact) mass is 440 g/mol. The van der Waals surface area contributed by atoms with E-state index in [1.807, 2.05) is 0 Å². The van der Waals surface area contributed by atoms with Gasteiger partial charge in [0.25, 0.3) is 0 Å². The summed E-state index contributed by atoms with van der Waals surface area (Å²) in [6.07, 6.45) is 2.13. The fourth-order valence-corrected chi connectivity index (χ4v) is 4.21. The Labute approximate surface area is 171 Å². The normalized spacial score (nSPS) is 12.8. The molecule has 2 aromatic carbocycles. The van der Waals surface area contributed by atoms with Gasteiger partial charge in [0.05, 0.1) is 30.0 Å². The number of anilines is 1. The number of hydrogen-bond donors (Lipinski definition) is 1. The summed E-state index contributed by atoms with van der Waals surface area (Å²) in [5.41, 5.74) is 0.951. The van der Waals surface area contributed by atoms with E-state index in [0.29, 0.717) is 11.3 Å². The van der Waals surface area contributed by atoms with E-state index in [9.17, 15) is 21.6 Å². The van der Waals surface area contributed by atoms with Crippen molar-refractivity contribution in [3.05, 3.63) is 54.1 Å². The van der Waals surface area contributed by atoms with Gasteiger partial charge >= 0.3 is 0 Å². The van der Waals surface area contributed by atoms with Gasteiger partial charge in [-0.25, -0.2) is 16.8 Å². The Morgan fingerprint density at radius 3 is 2.14 bits per heavy atom. The number of hydrogen-bond acceptors (Lipinski definition) is 6. The molecule has 2 rings (SSSR count). The first-order valence-electron chi connectivity index (χ1n) is 8.63. The number of carbonyl (C=O) groups is 1. The van der Waals surface area contributed by atoms with E-state index in [1.165, 1.54) is 19.2 Å². The number of nitrogens with one attached hydrogen (secondary N) is 1. The minimum Gasteiger partial charge on any atom is -0.495 e. The molecule has 0 aliphatic rings. The molecule has 0 unspecified atom stereocenters. The Kier molecular flexibility index (Phi) is 6.91. The van der Waals surface area contributed by atoms with E-state index in [0.717, 1.165) is 16.8 Å².